The van der Waals surface area contributed by atoms with Crippen molar-refractivity contribution in [3.05, 3.63) is 54.5 Å². The normalized spacial score (nSPS) is 9.74. The van der Waals surface area contributed by atoms with Gasteiger partial charge in [0.2, 0.25) is 0 Å². The molecule has 0 saturated heterocycles. The highest BCUT2D eigenvalue weighted by atomic mass is 35.5. The van der Waals surface area contributed by atoms with Crippen LogP contribution in [0.15, 0.2) is 48.9 Å². The first-order valence-electron chi connectivity index (χ1n) is 5.46. The maximum Gasteiger partial charge on any atom is 0.142 e. The minimum Gasteiger partial charge on any atom is -0.326 e. The maximum absolute atomic E-state index is 5.73. The minimum absolute atomic E-state index is 0. The Morgan fingerprint density at radius 2 is 1.79 bits per heavy atom. The van der Waals surface area contributed by atoms with Gasteiger partial charge in [0.15, 0.2) is 0 Å². The molecule has 3 rings (SSSR count). The van der Waals surface area contributed by atoms with Gasteiger partial charge in [-0.15, -0.1) is 24.8 Å². The number of hydrogen-bond acceptors (Lipinski definition) is 3. The van der Waals surface area contributed by atoms with Gasteiger partial charge in [0.05, 0.1) is 11.0 Å². The number of para-hydroxylation sites is 2. The smallest absolute Gasteiger partial charge is 0.142 e. The van der Waals surface area contributed by atoms with E-state index in [0.717, 1.165) is 22.4 Å². The predicted molar refractivity (Wildman–Crippen MR) is 81.3 cm³/mol. The maximum atomic E-state index is 5.73. The van der Waals surface area contributed by atoms with Crippen molar-refractivity contribution < 1.29 is 0 Å². The zero-order valence-electron chi connectivity index (χ0n) is 10.1. The second-order valence-corrected chi connectivity index (χ2v) is 3.79. The number of nitrogens with zero attached hydrogens (tertiary/aromatic N) is 3. The van der Waals surface area contributed by atoms with Gasteiger partial charge in [-0.3, -0.25) is 4.57 Å². The van der Waals surface area contributed by atoms with Crippen molar-refractivity contribution in [2.75, 3.05) is 0 Å². The summed E-state index contributed by atoms with van der Waals surface area (Å²) in [6.45, 7) is 0.468. The third-order valence-electron chi connectivity index (χ3n) is 2.77. The summed E-state index contributed by atoms with van der Waals surface area (Å²) in [6.07, 6.45) is 3.55. The summed E-state index contributed by atoms with van der Waals surface area (Å²) in [7, 11) is 0. The van der Waals surface area contributed by atoms with Gasteiger partial charge in [0.25, 0.3) is 0 Å². The summed E-state index contributed by atoms with van der Waals surface area (Å²) < 4.78 is 1.97. The van der Waals surface area contributed by atoms with E-state index in [1.807, 2.05) is 41.0 Å². The Hall–Kier alpha value is -1.62. The van der Waals surface area contributed by atoms with Crippen LogP contribution in [0.1, 0.15) is 5.56 Å². The van der Waals surface area contributed by atoms with E-state index in [9.17, 15) is 0 Å². The molecule has 4 nitrogen and oxygen atoms in total. The molecule has 0 unspecified atom stereocenters. The third-order valence-corrected chi connectivity index (χ3v) is 2.77. The fourth-order valence-electron chi connectivity index (χ4n) is 1.93. The topological polar surface area (TPSA) is 56.7 Å². The van der Waals surface area contributed by atoms with Crippen LogP contribution >= 0.6 is 24.8 Å². The molecule has 0 aliphatic heterocycles. The molecule has 0 fully saturated rings. The summed E-state index contributed by atoms with van der Waals surface area (Å²) >= 11 is 0. The van der Waals surface area contributed by atoms with Crippen LogP contribution in [-0.2, 0) is 6.54 Å². The van der Waals surface area contributed by atoms with E-state index >= 15 is 0 Å². The third kappa shape index (κ3) is 2.71. The molecule has 0 saturated carbocycles. The Labute approximate surface area is 123 Å². The highest BCUT2D eigenvalue weighted by Gasteiger charge is 2.07. The Bertz CT molecular complexity index is 666. The van der Waals surface area contributed by atoms with Gasteiger partial charge in [0.1, 0.15) is 12.1 Å². The average Bonchev–Trinajstić information content (AvgIpc) is 2.82. The highest BCUT2D eigenvalue weighted by molar-refractivity contribution is 5.85. The zero-order chi connectivity index (χ0) is 11.7. The van der Waals surface area contributed by atoms with Gasteiger partial charge in [-0.1, -0.05) is 18.2 Å². The Morgan fingerprint density at radius 3 is 2.58 bits per heavy atom. The molecule has 0 aliphatic rings. The van der Waals surface area contributed by atoms with Gasteiger partial charge in [-0.25, -0.2) is 9.97 Å². The van der Waals surface area contributed by atoms with E-state index in [-0.39, 0.29) is 24.8 Å². The first-order valence-corrected chi connectivity index (χ1v) is 5.46. The van der Waals surface area contributed by atoms with E-state index < -0.39 is 0 Å². The van der Waals surface area contributed by atoms with Crippen molar-refractivity contribution in [3.63, 3.8) is 0 Å². The molecule has 2 N–H and O–H groups in total. The summed E-state index contributed by atoms with van der Waals surface area (Å²) in [4.78, 5) is 8.74. The quantitative estimate of drug-likeness (QED) is 0.791. The Balaban J connectivity index is 0.000000902. The van der Waals surface area contributed by atoms with Crippen molar-refractivity contribution in [3.8, 4) is 5.82 Å². The van der Waals surface area contributed by atoms with Crippen LogP contribution < -0.4 is 5.73 Å². The van der Waals surface area contributed by atoms with Crippen LogP contribution in [0.4, 0.5) is 0 Å². The SMILES string of the molecule is Cl.Cl.NCc1cccnc1-n1cnc2ccccc21. The molecule has 0 amide bonds. The fourth-order valence-corrected chi connectivity index (χ4v) is 1.93. The highest BCUT2D eigenvalue weighted by Crippen LogP contribution is 2.18. The van der Waals surface area contributed by atoms with Crippen molar-refractivity contribution in [1.82, 2.24) is 14.5 Å². The summed E-state index contributed by atoms with van der Waals surface area (Å²) in [6, 6.07) is 11.9. The van der Waals surface area contributed by atoms with E-state index in [1.54, 1.807) is 12.5 Å². The lowest BCUT2D eigenvalue weighted by atomic mass is 10.2. The molecular weight excluding hydrogens is 283 g/mol. The number of fused-ring (bicyclic) bond motifs is 1. The number of imidazole rings is 1. The summed E-state index contributed by atoms with van der Waals surface area (Å²) in [5.74, 6) is 0.851. The molecule has 2 aromatic heterocycles. The molecule has 0 spiro atoms. The largest absolute Gasteiger partial charge is 0.326 e. The number of halogens is 2. The van der Waals surface area contributed by atoms with Gasteiger partial charge in [0, 0.05) is 18.3 Å². The second kappa shape index (κ2) is 6.52. The van der Waals surface area contributed by atoms with Crippen LogP contribution in [0, 0.1) is 0 Å². The standard InChI is InChI=1S/C13H12N4.2ClH/c14-8-10-4-3-7-15-13(10)17-9-16-11-5-1-2-6-12(11)17;;/h1-7,9H,8,14H2;2*1H. The lowest BCUT2D eigenvalue weighted by Gasteiger charge is -2.07. The lowest BCUT2D eigenvalue weighted by molar-refractivity contribution is 0.951. The van der Waals surface area contributed by atoms with Gasteiger partial charge in [-0.2, -0.15) is 0 Å². The van der Waals surface area contributed by atoms with E-state index in [0.29, 0.717) is 6.54 Å². The number of rotatable bonds is 2. The van der Waals surface area contributed by atoms with Crippen molar-refractivity contribution in [2.24, 2.45) is 5.73 Å². The molecule has 0 bridgehead atoms. The molecule has 19 heavy (non-hydrogen) atoms. The van der Waals surface area contributed by atoms with Crippen molar-refractivity contribution >= 4 is 35.8 Å². The van der Waals surface area contributed by atoms with Gasteiger partial charge < -0.3 is 5.73 Å². The monoisotopic (exact) mass is 296 g/mol. The molecule has 0 aliphatic carbocycles. The summed E-state index contributed by atoms with van der Waals surface area (Å²) in [5, 5.41) is 0. The van der Waals surface area contributed by atoms with Gasteiger partial charge >= 0.3 is 0 Å². The van der Waals surface area contributed by atoms with Crippen LogP contribution in [0.2, 0.25) is 0 Å². The van der Waals surface area contributed by atoms with E-state index in [4.69, 9.17) is 5.73 Å². The Kier molecular flexibility index (Phi) is 5.30. The van der Waals surface area contributed by atoms with Crippen LogP contribution in [-0.4, -0.2) is 14.5 Å². The van der Waals surface area contributed by atoms with Crippen molar-refractivity contribution in [2.45, 2.75) is 6.54 Å². The number of benzene rings is 1. The molecule has 2 heterocycles. The lowest BCUT2D eigenvalue weighted by Crippen LogP contribution is -2.05. The van der Waals surface area contributed by atoms with Crippen LogP contribution in [0.3, 0.4) is 0 Å². The summed E-state index contributed by atoms with van der Waals surface area (Å²) in [5.41, 5.74) is 8.74. The van der Waals surface area contributed by atoms with E-state index in [2.05, 4.69) is 9.97 Å². The van der Waals surface area contributed by atoms with Crippen molar-refractivity contribution in [1.29, 1.82) is 0 Å². The molecule has 0 atom stereocenters. The zero-order valence-corrected chi connectivity index (χ0v) is 11.7. The number of hydrogen-bond donors (Lipinski definition) is 1. The first kappa shape index (κ1) is 15.4. The molecule has 3 aromatic rings. The molecule has 1 aromatic carbocycles. The molecule has 6 heteroatoms. The van der Waals surface area contributed by atoms with E-state index in [1.165, 1.54) is 0 Å². The number of nitrogens with two attached hydrogens (primary N) is 1. The number of aromatic nitrogens is 3. The second-order valence-electron chi connectivity index (χ2n) is 3.79. The molecule has 0 radical (unpaired) electrons. The van der Waals surface area contributed by atoms with Crippen LogP contribution in [0.5, 0.6) is 0 Å². The number of pyridine rings is 1. The average molecular weight is 297 g/mol. The molecule has 100 valence electrons. The minimum atomic E-state index is 0. The first-order chi connectivity index (χ1) is 8.40. The Morgan fingerprint density at radius 1 is 1.00 bits per heavy atom. The van der Waals surface area contributed by atoms with Crippen LogP contribution in [0.25, 0.3) is 16.9 Å². The fraction of sp³-hybridized carbons (Fsp3) is 0.0769. The predicted octanol–water partition coefficient (Wildman–Crippen LogP) is 2.72. The molecular formula is C13H14Cl2N4. The van der Waals surface area contributed by atoms with Gasteiger partial charge in [-0.05, 0) is 18.2 Å².